The van der Waals surface area contributed by atoms with Crippen molar-refractivity contribution in [3.8, 4) is 11.4 Å². The molecule has 0 saturated heterocycles. The average molecular weight is 409 g/mol. The molecule has 30 heavy (non-hydrogen) atoms. The van der Waals surface area contributed by atoms with Gasteiger partial charge in [0.25, 0.3) is 0 Å². The van der Waals surface area contributed by atoms with Crippen LogP contribution < -0.4 is 0 Å². The highest BCUT2D eigenvalue weighted by atomic mass is 19.1. The first-order valence-corrected chi connectivity index (χ1v) is 10.2. The lowest BCUT2D eigenvalue weighted by Gasteiger charge is -2.53. The molecule has 2 N–H and O–H groups in total. The number of halogens is 1. The molecule has 2 aromatic carbocycles. The third-order valence-corrected chi connectivity index (χ3v) is 6.56. The SMILES string of the molecule is CC1(C)CO[C@]2(C[C@H](CC(=O)O)C2)c2c1n(-c1ccc(F)cc1)c1cccc(O)c12. The van der Waals surface area contributed by atoms with E-state index in [0.717, 1.165) is 27.8 Å². The number of rotatable bonds is 3. The molecule has 0 unspecified atom stereocenters. The van der Waals surface area contributed by atoms with E-state index in [1.165, 1.54) is 12.1 Å². The highest BCUT2D eigenvalue weighted by Crippen LogP contribution is 2.59. The predicted molar refractivity (Wildman–Crippen MR) is 111 cm³/mol. The molecular weight excluding hydrogens is 385 g/mol. The van der Waals surface area contributed by atoms with E-state index in [-0.39, 0.29) is 29.3 Å². The Labute approximate surface area is 173 Å². The summed E-state index contributed by atoms with van der Waals surface area (Å²) in [6.45, 7) is 4.68. The molecule has 1 aliphatic heterocycles. The van der Waals surface area contributed by atoms with Crippen molar-refractivity contribution in [2.75, 3.05) is 6.61 Å². The molecular formula is C24H24FNO4. The van der Waals surface area contributed by atoms with Crippen molar-refractivity contribution in [1.29, 1.82) is 0 Å². The number of benzene rings is 2. The third-order valence-electron chi connectivity index (χ3n) is 6.56. The molecule has 5 rings (SSSR count). The van der Waals surface area contributed by atoms with E-state index in [9.17, 15) is 19.4 Å². The highest BCUT2D eigenvalue weighted by Gasteiger charge is 2.55. The zero-order valence-electron chi connectivity index (χ0n) is 17.0. The summed E-state index contributed by atoms with van der Waals surface area (Å²) >= 11 is 0. The lowest BCUT2D eigenvalue weighted by atomic mass is 9.62. The molecule has 6 heteroatoms. The Hall–Kier alpha value is -2.86. The molecule has 0 amide bonds. The van der Waals surface area contributed by atoms with Crippen molar-refractivity contribution in [1.82, 2.24) is 4.57 Å². The van der Waals surface area contributed by atoms with Crippen LogP contribution in [-0.2, 0) is 20.5 Å². The number of ether oxygens (including phenoxy) is 1. The first kappa shape index (κ1) is 19.1. The summed E-state index contributed by atoms with van der Waals surface area (Å²) in [5.41, 5.74) is 2.68. The maximum atomic E-state index is 13.6. The topological polar surface area (TPSA) is 71.7 Å². The largest absolute Gasteiger partial charge is 0.507 e. The summed E-state index contributed by atoms with van der Waals surface area (Å²) in [5, 5.41) is 20.8. The van der Waals surface area contributed by atoms with Gasteiger partial charge in [-0.2, -0.15) is 0 Å². The van der Waals surface area contributed by atoms with Crippen LogP contribution in [-0.4, -0.2) is 27.4 Å². The van der Waals surface area contributed by atoms with E-state index >= 15 is 0 Å². The van der Waals surface area contributed by atoms with E-state index < -0.39 is 11.6 Å². The van der Waals surface area contributed by atoms with Crippen molar-refractivity contribution in [2.24, 2.45) is 5.92 Å². The van der Waals surface area contributed by atoms with Crippen LogP contribution in [0.1, 0.15) is 44.4 Å². The predicted octanol–water partition coefficient (Wildman–Crippen LogP) is 4.86. The molecule has 0 atom stereocenters. The zero-order valence-corrected chi connectivity index (χ0v) is 17.0. The van der Waals surface area contributed by atoms with Crippen molar-refractivity contribution < 1.29 is 24.1 Å². The molecule has 2 heterocycles. The smallest absolute Gasteiger partial charge is 0.303 e. The Morgan fingerprint density at radius 2 is 1.90 bits per heavy atom. The Bertz CT molecular complexity index is 1160. The van der Waals surface area contributed by atoms with Gasteiger partial charge in [-0.25, -0.2) is 4.39 Å². The summed E-state index contributed by atoms with van der Waals surface area (Å²) in [5.74, 6) is -0.886. The molecule has 2 aliphatic rings. The Morgan fingerprint density at radius 1 is 1.20 bits per heavy atom. The van der Waals surface area contributed by atoms with Crippen LogP contribution in [0.3, 0.4) is 0 Å². The van der Waals surface area contributed by atoms with Crippen molar-refractivity contribution in [3.05, 3.63) is 59.5 Å². The van der Waals surface area contributed by atoms with Crippen LogP contribution in [0.4, 0.5) is 4.39 Å². The van der Waals surface area contributed by atoms with E-state index in [0.29, 0.717) is 19.4 Å². The fourth-order valence-corrected chi connectivity index (χ4v) is 5.31. The van der Waals surface area contributed by atoms with Crippen LogP contribution >= 0.6 is 0 Å². The van der Waals surface area contributed by atoms with Gasteiger partial charge >= 0.3 is 5.97 Å². The van der Waals surface area contributed by atoms with Gasteiger partial charge in [0.2, 0.25) is 0 Å². The Morgan fingerprint density at radius 3 is 2.57 bits per heavy atom. The molecule has 0 bridgehead atoms. The van der Waals surface area contributed by atoms with Gasteiger partial charge in [0.15, 0.2) is 0 Å². The summed E-state index contributed by atoms with van der Waals surface area (Å²) in [7, 11) is 0. The minimum Gasteiger partial charge on any atom is -0.507 e. The lowest BCUT2D eigenvalue weighted by molar-refractivity contribution is -0.167. The van der Waals surface area contributed by atoms with Crippen molar-refractivity contribution in [3.63, 3.8) is 0 Å². The first-order chi connectivity index (χ1) is 14.2. The zero-order chi connectivity index (χ0) is 21.3. The quantitative estimate of drug-likeness (QED) is 0.648. The van der Waals surface area contributed by atoms with Crippen LogP contribution in [0.2, 0.25) is 0 Å². The van der Waals surface area contributed by atoms with Gasteiger partial charge in [0.1, 0.15) is 11.6 Å². The monoisotopic (exact) mass is 409 g/mol. The van der Waals surface area contributed by atoms with Crippen LogP contribution in [0, 0.1) is 11.7 Å². The van der Waals surface area contributed by atoms with Crippen LogP contribution in [0.15, 0.2) is 42.5 Å². The highest BCUT2D eigenvalue weighted by molar-refractivity contribution is 5.94. The fraction of sp³-hybridized carbons (Fsp3) is 0.375. The van der Waals surface area contributed by atoms with Crippen molar-refractivity contribution in [2.45, 2.75) is 44.1 Å². The number of carboxylic acids is 1. The number of hydrogen-bond acceptors (Lipinski definition) is 3. The van der Waals surface area contributed by atoms with Crippen LogP contribution in [0.25, 0.3) is 16.6 Å². The maximum absolute atomic E-state index is 13.6. The number of phenols is 1. The second-order valence-electron chi connectivity index (χ2n) is 9.25. The Balaban J connectivity index is 1.79. The van der Waals surface area contributed by atoms with Gasteiger partial charge in [-0.05, 0) is 55.2 Å². The second kappa shape index (κ2) is 6.32. The number of aliphatic carboxylic acids is 1. The molecule has 1 fully saturated rings. The number of aromatic hydroxyl groups is 1. The molecule has 1 spiro atoms. The molecule has 1 aliphatic carbocycles. The van der Waals surface area contributed by atoms with Gasteiger partial charge in [0.05, 0.1) is 17.7 Å². The van der Waals surface area contributed by atoms with Gasteiger partial charge in [-0.15, -0.1) is 0 Å². The number of carboxylic acid groups (broad SMARTS) is 1. The van der Waals surface area contributed by atoms with Gasteiger partial charge in [-0.1, -0.05) is 19.9 Å². The number of fused-ring (bicyclic) bond motifs is 4. The number of hydrogen-bond donors (Lipinski definition) is 2. The molecule has 1 saturated carbocycles. The standard InChI is InChI=1S/C24H24FNO4/c1-23(2)13-30-24(11-14(12-24)10-19(28)29)21-20-17(4-3-5-18(20)27)26(22(21)23)16-8-6-15(25)7-9-16/h3-9,14,27H,10-13H2,1-2H3,(H,28,29)/t14-,24-. The Kier molecular flexibility index (Phi) is 4.03. The van der Waals surface area contributed by atoms with Gasteiger partial charge < -0.3 is 19.5 Å². The number of carbonyl (C=O) groups is 1. The summed E-state index contributed by atoms with van der Waals surface area (Å²) < 4.78 is 22.1. The molecule has 1 aromatic heterocycles. The number of phenolic OH excluding ortho intramolecular Hbond substituents is 1. The number of nitrogens with zero attached hydrogens (tertiary/aromatic N) is 1. The maximum Gasteiger partial charge on any atom is 0.303 e. The van der Waals surface area contributed by atoms with E-state index in [4.69, 9.17) is 4.74 Å². The van der Waals surface area contributed by atoms with Gasteiger partial charge in [0, 0.05) is 34.2 Å². The molecule has 156 valence electrons. The third kappa shape index (κ3) is 2.67. The first-order valence-electron chi connectivity index (χ1n) is 10.2. The molecule has 3 aromatic rings. The summed E-state index contributed by atoms with van der Waals surface area (Å²) in [4.78, 5) is 11.2. The van der Waals surface area contributed by atoms with Crippen molar-refractivity contribution >= 4 is 16.9 Å². The lowest BCUT2D eigenvalue weighted by Crippen LogP contribution is -2.51. The van der Waals surface area contributed by atoms with E-state index in [1.54, 1.807) is 24.3 Å². The number of aromatic nitrogens is 1. The normalized spacial score (nSPS) is 24.6. The van der Waals surface area contributed by atoms with Crippen LogP contribution in [0.5, 0.6) is 5.75 Å². The van der Waals surface area contributed by atoms with Gasteiger partial charge in [-0.3, -0.25) is 4.79 Å². The summed E-state index contributed by atoms with van der Waals surface area (Å²) in [6.07, 6.45) is 1.34. The van der Waals surface area contributed by atoms with E-state index in [1.807, 2.05) is 6.07 Å². The molecule has 0 radical (unpaired) electrons. The average Bonchev–Trinajstić information content (AvgIpc) is 3.01. The minimum absolute atomic E-state index is 0.0478. The van der Waals surface area contributed by atoms with E-state index in [2.05, 4.69) is 18.4 Å². The summed E-state index contributed by atoms with van der Waals surface area (Å²) in [6, 6.07) is 11.8. The fourth-order valence-electron chi connectivity index (χ4n) is 5.31. The second-order valence-corrected chi connectivity index (χ2v) is 9.25. The minimum atomic E-state index is -0.803. The molecule has 5 nitrogen and oxygen atoms in total.